The van der Waals surface area contributed by atoms with Crippen LogP contribution >= 0.6 is 0 Å². The second kappa shape index (κ2) is 13.1. The van der Waals surface area contributed by atoms with Crippen LogP contribution in [0.25, 0.3) is 11.3 Å². The van der Waals surface area contributed by atoms with E-state index in [1.54, 1.807) is 28.0 Å². The number of carbonyl (C=O) groups is 1. The zero-order chi connectivity index (χ0) is 32.3. The van der Waals surface area contributed by atoms with Gasteiger partial charge in [0.1, 0.15) is 12.3 Å². The van der Waals surface area contributed by atoms with E-state index in [1.165, 1.54) is 6.07 Å². The first kappa shape index (κ1) is 33.1. The summed E-state index contributed by atoms with van der Waals surface area (Å²) in [5.74, 6) is -0.189. The highest BCUT2D eigenvalue weighted by Gasteiger charge is 2.36. The predicted octanol–water partition coefficient (Wildman–Crippen LogP) is 4.94. The van der Waals surface area contributed by atoms with Crippen LogP contribution in [0.2, 0.25) is 25.7 Å². The van der Waals surface area contributed by atoms with Crippen LogP contribution in [0.3, 0.4) is 0 Å². The Kier molecular flexibility index (Phi) is 9.82. The summed E-state index contributed by atoms with van der Waals surface area (Å²) < 4.78 is 86.2. The number of ether oxygens (including phenoxy) is 1. The van der Waals surface area contributed by atoms with Gasteiger partial charge in [0, 0.05) is 58.8 Å². The molecule has 0 radical (unpaired) electrons. The van der Waals surface area contributed by atoms with Gasteiger partial charge in [0.05, 0.1) is 17.7 Å². The number of amides is 1. The maximum atomic E-state index is 13.8. The highest BCUT2D eigenvalue weighted by atomic mass is 28.3. The lowest BCUT2D eigenvalue weighted by Crippen LogP contribution is -2.49. The maximum Gasteiger partial charge on any atom is 0.421 e. The Morgan fingerprint density at radius 2 is 1.59 bits per heavy atom. The SMILES string of the molecule is C[Si](C)(C)CCOCn1nc(-c2ccccc2CC(=O)N2CCN(c3ncc(C(F)(F)F)cn3)CC2)cc(C(F)(F)F)c1=O. The van der Waals surface area contributed by atoms with Gasteiger partial charge in [-0.2, -0.15) is 31.4 Å². The largest absolute Gasteiger partial charge is 0.421 e. The van der Waals surface area contributed by atoms with Crippen molar-refractivity contribution in [3.63, 3.8) is 0 Å². The lowest BCUT2D eigenvalue weighted by Gasteiger charge is -2.35. The normalized spacial score (nSPS) is 14.7. The Morgan fingerprint density at radius 3 is 2.18 bits per heavy atom. The Hall–Kier alpha value is -3.79. The molecule has 3 aromatic rings. The van der Waals surface area contributed by atoms with E-state index in [-0.39, 0.29) is 62.3 Å². The van der Waals surface area contributed by atoms with Crippen LogP contribution in [0.15, 0.2) is 47.5 Å². The lowest BCUT2D eigenvalue weighted by molar-refractivity contribution is -0.139. The van der Waals surface area contributed by atoms with Gasteiger partial charge in [0.25, 0.3) is 5.56 Å². The summed E-state index contributed by atoms with van der Waals surface area (Å²) in [5.41, 5.74) is -3.12. The number of halogens is 6. The second-order valence-electron chi connectivity index (χ2n) is 11.6. The third kappa shape index (κ3) is 8.43. The number of rotatable bonds is 9. The standard InChI is InChI=1S/C28H32F6N6O3Si/c1-44(2,3)13-12-43-18-40-25(42)22(28(32,33)34)15-23(37-40)21-7-5-4-6-19(21)14-24(41)38-8-10-39(11-9-38)26-35-16-20(17-36-26)27(29,30)31/h4-7,15-17H,8-14,18H2,1-3H3. The summed E-state index contributed by atoms with van der Waals surface area (Å²) in [7, 11) is -1.48. The van der Waals surface area contributed by atoms with E-state index in [0.717, 1.165) is 6.04 Å². The van der Waals surface area contributed by atoms with Gasteiger partial charge in [0.15, 0.2) is 0 Å². The van der Waals surface area contributed by atoms with E-state index >= 15 is 0 Å². The molecule has 0 spiro atoms. The first-order valence-electron chi connectivity index (χ1n) is 13.8. The second-order valence-corrected chi connectivity index (χ2v) is 17.2. The monoisotopic (exact) mass is 642 g/mol. The predicted molar refractivity (Wildman–Crippen MR) is 153 cm³/mol. The minimum atomic E-state index is -4.93. The molecule has 1 aliphatic heterocycles. The molecule has 1 saturated heterocycles. The van der Waals surface area contributed by atoms with Crippen molar-refractivity contribution in [2.75, 3.05) is 37.7 Å². The molecule has 0 bridgehead atoms. The Morgan fingerprint density at radius 1 is 0.955 bits per heavy atom. The van der Waals surface area contributed by atoms with E-state index in [2.05, 4.69) is 34.7 Å². The first-order chi connectivity index (χ1) is 20.5. The molecule has 1 aromatic carbocycles. The molecule has 2 aromatic heterocycles. The molecule has 0 unspecified atom stereocenters. The number of aromatic nitrogens is 4. The summed E-state index contributed by atoms with van der Waals surface area (Å²) in [5, 5.41) is 4.17. The van der Waals surface area contributed by atoms with Crippen LogP contribution in [0.1, 0.15) is 16.7 Å². The summed E-state index contributed by atoms with van der Waals surface area (Å²) in [6.45, 7) is 7.21. The smallest absolute Gasteiger partial charge is 0.359 e. The van der Waals surface area contributed by atoms with Crippen molar-refractivity contribution in [2.45, 2.75) is 51.2 Å². The Labute approximate surface area is 250 Å². The van der Waals surface area contributed by atoms with E-state index in [0.29, 0.717) is 28.7 Å². The fourth-order valence-corrected chi connectivity index (χ4v) is 5.24. The first-order valence-corrected chi connectivity index (χ1v) is 17.5. The molecule has 1 aliphatic rings. The Bertz CT molecular complexity index is 1510. The molecule has 0 atom stereocenters. The van der Waals surface area contributed by atoms with Crippen molar-refractivity contribution in [3.05, 3.63) is 69.8 Å². The fraction of sp³-hybridized carbons (Fsp3) is 0.464. The van der Waals surface area contributed by atoms with Crippen molar-refractivity contribution < 1.29 is 35.9 Å². The maximum absolute atomic E-state index is 13.8. The molecule has 0 N–H and O–H groups in total. The van der Waals surface area contributed by atoms with Crippen LogP contribution in [-0.2, 0) is 35.0 Å². The molecule has 1 fully saturated rings. The number of alkyl halides is 6. The molecular formula is C28H32F6N6O3Si. The van der Waals surface area contributed by atoms with Gasteiger partial charge in [-0.05, 0) is 17.7 Å². The van der Waals surface area contributed by atoms with Crippen molar-refractivity contribution in [2.24, 2.45) is 0 Å². The summed E-state index contributed by atoms with van der Waals surface area (Å²) in [6, 6.07) is 7.82. The molecular weight excluding hydrogens is 610 g/mol. The molecule has 44 heavy (non-hydrogen) atoms. The molecule has 1 amide bonds. The zero-order valence-electron chi connectivity index (χ0n) is 24.4. The van der Waals surface area contributed by atoms with E-state index < -0.39 is 43.8 Å². The van der Waals surface area contributed by atoms with Crippen molar-refractivity contribution in [1.82, 2.24) is 24.6 Å². The lowest BCUT2D eigenvalue weighted by atomic mass is 10.00. The van der Waals surface area contributed by atoms with Crippen LogP contribution in [0, 0.1) is 0 Å². The Balaban J connectivity index is 1.49. The molecule has 0 saturated carbocycles. The van der Waals surface area contributed by atoms with Crippen LogP contribution in [-0.4, -0.2) is 71.4 Å². The van der Waals surface area contributed by atoms with Crippen molar-refractivity contribution in [3.8, 4) is 11.3 Å². The molecule has 4 rings (SSSR count). The number of benzene rings is 1. The molecule has 238 valence electrons. The number of piperazine rings is 1. The van der Waals surface area contributed by atoms with Crippen molar-refractivity contribution >= 4 is 19.9 Å². The molecule has 9 nitrogen and oxygen atoms in total. The average molecular weight is 643 g/mol. The summed E-state index contributed by atoms with van der Waals surface area (Å²) in [4.78, 5) is 36.7. The molecule has 0 aliphatic carbocycles. The van der Waals surface area contributed by atoms with E-state index in [1.807, 2.05) is 0 Å². The van der Waals surface area contributed by atoms with Gasteiger partial charge in [-0.25, -0.2) is 14.6 Å². The quantitative estimate of drug-likeness (QED) is 0.186. The summed E-state index contributed by atoms with van der Waals surface area (Å²) >= 11 is 0. The number of anilines is 1. The third-order valence-electron chi connectivity index (χ3n) is 7.01. The minimum absolute atomic E-state index is 0.113. The van der Waals surface area contributed by atoms with Gasteiger partial charge < -0.3 is 14.5 Å². The molecule has 16 heteroatoms. The number of nitrogens with zero attached hydrogens (tertiary/aromatic N) is 6. The topological polar surface area (TPSA) is 93.5 Å². The minimum Gasteiger partial charge on any atom is -0.359 e. The third-order valence-corrected chi connectivity index (χ3v) is 8.71. The van der Waals surface area contributed by atoms with E-state index in [9.17, 15) is 35.9 Å². The van der Waals surface area contributed by atoms with Gasteiger partial charge >= 0.3 is 12.4 Å². The van der Waals surface area contributed by atoms with Gasteiger partial charge in [0.2, 0.25) is 11.9 Å². The fourth-order valence-electron chi connectivity index (χ4n) is 4.48. The van der Waals surface area contributed by atoms with Gasteiger partial charge in [-0.1, -0.05) is 43.9 Å². The average Bonchev–Trinajstić information content (AvgIpc) is 2.95. The van der Waals surface area contributed by atoms with Gasteiger partial charge in [-0.3, -0.25) is 9.59 Å². The number of hydrogen-bond acceptors (Lipinski definition) is 7. The highest BCUT2D eigenvalue weighted by Crippen LogP contribution is 2.31. The van der Waals surface area contributed by atoms with E-state index in [4.69, 9.17) is 4.74 Å². The highest BCUT2D eigenvalue weighted by molar-refractivity contribution is 6.76. The van der Waals surface area contributed by atoms with Crippen LogP contribution in [0.4, 0.5) is 32.3 Å². The van der Waals surface area contributed by atoms with Gasteiger partial charge in [-0.15, -0.1) is 0 Å². The number of carbonyl (C=O) groups excluding carboxylic acids is 1. The van der Waals surface area contributed by atoms with Crippen LogP contribution < -0.4 is 10.5 Å². The zero-order valence-corrected chi connectivity index (χ0v) is 25.4. The summed E-state index contributed by atoms with van der Waals surface area (Å²) in [6.07, 6.45) is -8.23. The number of hydrogen-bond donors (Lipinski definition) is 0. The van der Waals surface area contributed by atoms with Crippen molar-refractivity contribution in [1.29, 1.82) is 0 Å². The van der Waals surface area contributed by atoms with Crippen LogP contribution in [0.5, 0.6) is 0 Å². The molecule has 3 heterocycles.